The van der Waals surface area contributed by atoms with Crippen molar-refractivity contribution in [2.24, 2.45) is 0 Å². The summed E-state index contributed by atoms with van der Waals surface area (Å²) in [6, 6.07) is 33.8. The van der Waals surface area contributed by atoms with Crippen LogP contribution in [-0.2, 0) is 0 Å². The Bertz CT molecular complexity index is 3100. The van der Waals surface area contributed by atoms with Gasteiger partial charge >= 0.3 is 0 Å². The minimum absolute atomic E-state index is 0.0732. The number of fused-ring (bicyclic) bond motifs is 6. The summed E-state index contributed by atoms with van der Waals surface area (Å²) in [7, 11) is 0. The van der Waals surface area contributed by atoms with Crippen LogP contribution in [0.1, 0.15) is 54.3 Å². The molecule has 0 fully saturated rings. The van der Waals surface area contributed by atoms with Crippen LogP contribution in [0.15, 0.2) is 97.1 Å². The van der Waals surface area contributed by atoms with Gasteiger partial charge in [-0.1, -0.05) is 97.1 Å². The molecule has 50 heavy (non-hydrogen) atoms. The monoisotopic (exact) mass is 636 g/mol. The Labute approximate surface area is 281 Å². The second-order valence-corrected chi connectivity index (χ2v) is 14.3. The Kier molecular flexibility index (Phi) is 4.09. The molecule has 0 N–H and O–H groups in total. The van der Waals surface area contributed by atoms with E-state index in [9.17, 15) is 19.2 Å². The summed E-state index contributed by atoms with van der Waals surface area (Å²) >= 11 is 0. The molecule has 0 saturated carbocycles. The van der Waals surface area contributed by atoms with Gasteiger partial charge < -0.3 is 0 Å². The van der Waals surface area contributed by atoms with Gasteiger partial charge in [-0.3, -0.25) is 19.2 Å². The van der Waals surface area contributed by atoms with Gasteiger partial charge in [0, 0.05) is 33.0 Å². The van der Waals surface area contributed by atoms with E-state index in [-0.39, 0.29) is 36.0 Å². The van der Waals surface area contributed by atoms with Gasteiger partial charge in [0.1, 0.15) is 0 Å². The van der Waals surface area contributed by atoms with Crippen LogP contribution in [0, 0.1) is 0 Å². The SMILES string of the molecule is O=C1CC(=O)c2ccc3c4ccc5c6ccc7c8ccc9c%10c(ccc(c%11ccc(c%12ccc(c%13ccc1c2c%133)c4c%125)c6c%117)c%108)C(=O)CC9=O. The maximum absolute atomic E-state index is 13.0. The zero-order chi connectivity index (χ0) is 32.9. The van der Waals surface area contributed by atoms with E-state index >= 15 is 0 Å². The van der Waals surface area contributed by atoms with E-state index in [2.05, 4.69) is 72.8 Å². The number of hydrogen-bond acceptors (Lipinski definition) is 4. The average Bonchev–Trinajstić information content (AvgIpc) is 3.14. The minimum atomic E-state index is -0.108. The van der Waals surface area contributed by atoms with Gasteiger partial charge in [-0.15, -0.1) is 0 Å². The van der Waals surface area contributed by atoms with E-state index in [0.717, 1.165) is 64.6 Å². The minimum Gasteiger partial charge on any atom is -0.294 e. The Morgan fingerprint density at radius 1 is 0.220 bits per heavy atom. The molecule has 0 bridgehead atoms. The number of carbonyl (C=O) groups excluding carboxylic acids is 4. The first kappa shape index (κ1) is 25.5. The van der Waals surface area contributed by atoms with E-state index in [1.165, 1.54) is 43.1 Å². The molecule has 0 spiro atoms. The first-order valence-corrected chi connectivity index (χ1v) is 17.0. The first-order valence-electron chi connectivity index (χ1n) is 17.0. The fraction of sp³-hybridized carbons (Fsp3) is 0.0435. The summed E-state index contributed by atoms with van der Waals surface area (Å²) in [6.07, 6.45) is -0.146. The normalized spacial score (nSPS) is 15.2. The van der Waals surface area contributed by atoms with Crippen LogP contribution in [0.3, 0.4) is 0 Å². The van der Waals surface area contributed by atoms with Crippen LogP contribution in [-0.4, -0.2) is 23.1 Å². The number of carbonyl (C=O) groups is 4. The summed E-state index contributed by atoms with van der Waals surface area (Å²) in [4.78, 5) is 52.0. The van der Waals surface area contributed by atoms with E-state index in [0.29, 0.717) is 22.3 Å². The molecule has 0 aromatic heterocycles. The van der Waals surface area contributed by atoms with Gasteiger partial charge in [0.05, 0.1) is 12.8 Å². The summed E-state index contributed by atoms with van der Waals surface area (Å²) in [5.41, 5.74) is 2.57. The zero-order valence-electron chi connectivity index (χ0n) is 26.3. The lowest BCUT2D eigenvalue weighted by atomic mass is 9.78. The predicted molar refractivity (Wildman–Crippen MR) is 202 cm³/mol. The Morgan fingerprint density at radius 3 is 0.580 bits per heavy atom. The third-order valence-corrected chi connectivity index (χ3v) is 12.2. The van der Waals surface area contributed by atoms with Crippen LogP contribution in [0.4, 0.5) is 0 Å². The topological polar surface area (TPSA) is 68.3 Å². The summed E-state index contributed by atoms with van der Waals surface area (Å²) in [6.45, 7) is 0. The molecule has 0 heterocycles. The molecule has 11 aromatic rings. The van der Waals surface area contributed by atoms with Gasteiger partial charge in [0.2, 0.25) is 0 Å². The van der Waals surface area contributed by atoms with Crippen molar-refractivity contribution in [3.05, 3.63) is 119 Å². The first-order chi connectivity index (χ1) is 24.5. The van der Waals surface area contributed by atoms with Crippen LogP contribution in [0.5, 0.6) is 0 Å². The van der Waals surface area contributed by atoms with Crippen LogP contribution in [0.25, 0.3) is 108 Å². The summed E-state index contributed by atoms with van der Waals surface area (Å²) < 4.78 is 0. The fourth-order valence-electron chi connectivity index (χ4n) is 10.3. The smallest absolute Gasteiger partial charge is 0.171 e. The maximum Gasteiger partial charge on any atom is 0.171 e. The van der Waals surface area contributed by atoms with E-state index in [1.54, 1.807) is 0 Å². The molecular formula is C46H20O4. The van der Waals surface area contributed by atoms with E-state index in [4.69, 9.17) is 0 Å². The lowest BCUT2D eigenvalue weighted by Gasteiger charge is -2.23. The highest BCUT2D eigenvalue weighted by molar-refractivity contribution is 6.47. The molecule has 13 rings (SSSR count). The molecule has 0 atom stereocenters. The van der Waals surface area contributed by atoms with Crippen molar-refractivity contribution in [1.29, 1.82) is 0 Å². The largest absolute Gasteiger partial charge is 0.294 e. The molecule has 2 aliphatic carbocycles. The van der Waals surface area contributed by atoms with Crippen molar-refractivity contribution in [3.8, 4) is 0 Å². The molecule has 4 heteroatoms. The predicted octanol–water partition coefficient (Wildman–Crippen LogP) is 11.1. The molecule has 0 amide bonds. The van der Waals surface area contributed by atoms with Crippen molar-refractivity contribution < 1.29 is 19.2 Å². The third-order valence-electron chi connectivity index (χ3n) is 12.2. The highest BCUT2D eigenvalue weighted by Crippen LogP contribution is 2.51. The highest BCUT2D eigenvalue weighted by atomic mass is 16.2. The standard InChI is InChI=1S/C46H20O4/c47-35-17-36(48)32-14-10-28-24-7-3-21-22-4-8-26-30-12-16-34-38(50)18-37(49)33-15-11-29(44(30)46(33)34)25-6-2-20(40(22)42(25)26)19-1-5-23(41(24)39(19)21)27-9-13-31(35)45(32)43(27)28/h1-16H,17-18H2. The highest BCUT2D eigenvalue weighted by Gasteiger charge is 2.30. The van der Waals surface area contributed by atoms with Crippen molar-refractivity contribution in [2.75, 3.05) is 0 Å². The number of benzene rings is 11. The molecule has 0 saturated heterocycles. The van der Waals surface area contributed by atoms with Gasteiger partial charge in [-0.05, 0) is 97.0 Å². The number of rotatable bonds is 0. The number of Topliss-reactive ketones (excluding diaryl/α,β-unsaturated/α-hetero) is 4. The molecule has 0 aliphatic heterocycles. The Hall–Kier alpha value is -6.52. The van der Waals surface area contributed by atoms with Crippen LogP contribution in [0.2, 0.25) is 0 Å². The molecule has 2 aliphatic rings. The lowest BCUT2D eigenvalue weighted by Crippen LogP contribution is -2.16. The van der Waals surface area contributed by atoms with Crippen LogP contribution >= 0.6 is 0 Å². The Morgan fingerprint density at radius 2 is 0.380 bits per heavy atom. The quantitative estimate of drug-likeness (QED) is 0.0943. The van der Waals surface area contributed by atoms with Gasteiger partial charge in [0.15, 0.2) is 23.1 Å². The Balaban J connectivity index is 1.23. The summed E-state index contributed by atoms with van der Waals surface area (Å²) in [5, 5.41) is 21.8. The van der Waals surface area contributed by atoms with Gasteiger partial charge in [-0.25, -0.2) is 0 Å². The maximum atomic E-state index is 13.0. The molecule has 0 radical (unpaired) electrons. The zero-order valence-corrected chi connectivity index (χ0v) is 26.3. The molecule has 11 aromatic carbocycles. The van der Waals surface area contributed by atoms with Crippen molar-refractivity contribution >= 4 is 131 Å². The third kappa shape index (κ3) is 2.61. The van der Waals surface area contributed by atoms with Crippen molar-refractivity contribution in [3.63, 3.8) is 0 Å². The number of ketones is 4. The molecule has 0 unspecified atom stereocenters. The van der Waals surface area contributed by atoms with Gasteiger partial charge in [-0.2, -0.15) is 0 Å². The average molecular weight is 637 g/mol. The van der Waals surface area contributed by atoms with Crippen molar-refractivity contribution in [1.82, 2.24) is 0 Å². The second kappa shape index (κ2) is 8.02. The number of hydrogen-bond donors (Lipinski definition) is 0. The lowest BCUT2D eigenvalue weighted by molar-refractivity contribution is 0.0874. The fourth-order valence-corrected chi connectivity index (χ4v) is 10.3. The van der Waals surface area contributed by atoms with Crippen LogP contribution < -0.4 is 0 Å². The second-order valence-electron chi connectivity index (χ2n) is 14.3. The summed E-state index contributed by atoms with van der Waals surface area (Å²) in [5.74, 6) is -0.430. The van der Waals surface area contributed by atoms with E-state index < -0.39 is 0 Å². The van der Waals surface area contributed by atoms with Gasteiger partial charge in [0.25, 0.3) is 0 Å². The molecular weight excluding hydrogens is 617 g/mol. The van der Waals surface area contributed by atoms with E-state index in [1.807, 2.05) is 24.3 Å². The molecule has 4 nitrogen and oxygen atoms in total. The molecule has 228 valence electrons. The van der Waals surface area contributed by atoms with Crippen molar-refractivity contribution in [2.45, 2.75) is 12.8 Å².